The number of carbonyl (C=O) groups excluding carboxylic acids is 2. The number of nitrogens with one attached hydrogen (secondary N) is 1. The van der Waals surface area contributed by atoms with Crippen molar-refractivity contribution in [1.29, 1.82) is 0 Å². The highest BCUT2D eigenvalue weighted by Crippen LogP contribution is 2.26. The number of hydrogen-bond donors (Lipinski definition) is 2. The van der Waals surface area contributed by atoms with Crippen LogP contribution in [-0.2, 0) is 9.59 Å². The summed E-state index contributed by atoms with van der Waals surface area (Å²) >= 11 is 0. The van der Waals surface area contributed by atoms with Crippen LogP contribution < -0.4 is 11.1 Å². The summed E-state index contributed by atoms with van der Waals surface area (Å²) in [5.74, 6) is 0.383. The summed E-state index contributed by atoms with van der Waals surface area (Å²) < 4.78 is 0. The summed E-state index contributed by atoms with van der Waals surface area (Å²) in [6.45, 7) is 1.44. The molecular formula is C13H23N3O2. The van der Waals surface area contributed by atoms with Gasteiger partial charge in [-0.1, -0.05) is 19.3 Å². The van der Waals surface area contributed by atoms with E-state index in [9.17, 15) is 9.59 Å². The summed E-state index contributed by atoms with van der Waals surface area (Å²) in [6, 6.07) is 0.0913. The zero-order valence-electron chi connectivity index (χ0n) is 10.9. The van der Waals surface area contributed by atoms with Crippen molar-refractivity contribution >= 4 is 11.8 Å². The van der Waals surface area contributed by atoms with Crippen LogP contribution in [-0.4, -0.2) is 42.4 Å². The molecule has 2 amide bonds. The van der Waals surface area contributed by atoms with Crippen LogP contribution in [0.4, 0.5) is 0 Å². The van der Waals surface area contributed by atoms with Gasteiger partial charge in [0.2, 0.25) is 11.8 Å². The third-order valence-corrected chi connectivity index (χ3v) is 4.00. The van der Waals surface area contributed by atoms with E-state index in [4.69, 9.17) is 5.73 Å². The number of nitrogens with two attached hydrogens (primary N) is 1. The molecule has 18 heavy (non-hydrogen) atoms. The molecule has 5 nitrogen and oxygen atoms in total. The van der Waals surface area contributed by atoms with E-state index in [1.54, 1.807) is 0 Å². The molecule has 0 aromatic carbocycles. The fourth-order valence-electron chi connectivity index (χ4n) is 2.97. The SMILES string of the molecule is NCC(=O)NC1CCN(C(=O)C2CCCCC2)C1. The van der Waals surface area contributed by atoms with Crippen LogP contribution in [0.2, 0.25) is 0 Å². The van der Waals surface area contributed by atoms with Gasteiger partial charge in [-0.05, 0) is 19.3 Å². The summed E-state index contributed by atoms with van der Waals surface area (Å²) in [5, 5.41) is 2.86. The maximum Gasteiger partial charge on any atom is 0.234 e. The molecule has 102 valence electrons. The van der Waals surface area contributed by atoms with Gasteiger partial charge in [0.15, 0.2) is 0 Å². The predicted octanol–water partition coefficient (Wildman–Crippen LogP) is 0.242. The van der Waals surface area contributed by atoms with E-state index in [0.717, 1.165) is 25.8 Å². The van der Waals surface area contributed by atoms with Crippen molar-refractivity contribution < 1.29 is 9.59 Å². The minimum Gasteiger partial charge on any atom is -0.350 e. The number of rotatable bonds is 3. The Bertz CT molecular complexity index is 313. The molecule has 2 rings (SSSR count). The molecule has 0 radical (unpaired) electrons. The Hall–Kier alpha value is -1.10. The first-order valence-electron chi connectivity index (χ1n) is 6.99. The molecule has 5 heteroatoms. The highest BCUT2D eigenvalue weighted by atomic mass is 16.2. The number of hydrogen-bond acceptors (Lipinski definition) is 3. The molecule has 0 aromatic rings. The van der Waals surface area contributed by atoms with Crippen LogP contribution in [0.1, 0.15) is 38.5 Å². The largest absolute Gasteiger partial charge is 0.350 e. The Morgan fingerprint density at radius 3 is 2.56 bits per heavy atom. The first-order valence-corrected chi connectivity index (χ1v) is 6.99. The van der Waals surface area contributed by atoms with Gasteiger partial charge in [-0.3, -0.25) is 9.59 Å². The second-order valence-corrected chi connectivity index (χ2v) is 5.38. The van der Waals surface area contributed by atoms with Gasteiger partial charge in [0.05, 0.1) is 6.54 Å². The maximum absolute atomic E-state index is 12.3. The smallest absolute Gasteiger partial charge is 0.234 e. The van der Waals surface area contributed by atoms with E-state index in [1.165, 1.54) is 19.3 Å². The molecule has 0 aromatic heterocycles. The topological polar surface area (TPSA) is 75.4 Å². The lowest BCUT2D eigenvalue weighted by Crippen LogP contribution is -2.42. The quantitative estimate of drug-likeness (QED) is 0.756. The molecule has 0 spiro atoms. The lowest BCUT2D eigenvalue weighted by molar-refractivity contribution is -0.135. The van der Waals surface area contributed by atoms with Crippen molar-refractivity contribution in [2.75, 3.05) is 19.6 Å². The second kappa shape index (κ2) is 6.18. The zero-order chi connectivity index (χ0) is 13.0. The van der Waals surface area contributed by atoms with Gasteiger partial charge in [0, 0.05) is 25.0 Å². The Kier molecular flexibility index (Phi) is 4.58. The van der Waals surface area contributed by atoms with E-state index < -0.39 is 0 Å². The molecule has 2 aliphatic rings. The standard InChI is InChI=1S/C13H23N3O2/c14-8-12(17)15-11-6-7-16(9-11)13(18)10-4-2-1-3-5-10/h10-11H,1-9,14H2,(H,15,17). The predicted molar refractivity (Wildman–Crippen MR) is 68.8 cm³/mol. The molecule has 1 saturated carbocycles. The van der Waals surface area contributed by atoms with Crippen molar-refractivity contribution in [2.45, 2.75) is 44.6 Å². The summed E-state index contributed by atoms with van der Waals surface area (Å²) in [6.07, 6.45) is 6.54. The van der Waals surface area contributed by atoms with E-state index >= 15 is 0 Å². The first kappa shape index (κ1) is 13.3. The molecule has 1 aliphatic heterocycles. The van der Waals surface area contributed by atoms with Crippen LogP contribution in [0.25, 0.3) is 0 Å². The lowest BCUT2D eigenvalue weighted by atomic mass is 9.88. The van der Waals surface area contributed by atoms with Crippen molar-refractivity contribution in [3.8, 4) is 0 Å². The van der Waals surface area contributed by atoms with Crippen LogP contribution in [0.5, 0.6) is 0 Å². The Balaban J connectivity index is 1.80. The zero-order valence-corrected chi connectivity index (χ0v) is 10.9. The van der Waals surface area contributed by atoms with Crippen LogP contribution in [0.3, 0.4) is 0 Å². The van der Waals surface area contributed by atoms with E-state index in [1.807, 2.05) is 4.90 Å². The van der Waals surface area contributed by atoms with Gasteiger partial charge in [-0.25, -0.2) is 0 Å². The first-order chi connectivity index (χ1) is 8.70. The average molecular weight is 253 g/mol. The number of carbonyl (C=O) groups is 2. The van der Waals surface area contributed by atoms with E-state index in [0.29, 0.717) is 12.5 Å². The minimum absolute atomic E-state index is 0.0209. The van der Waals surface area contributed by atoms with Crippen LogP contribution in [0.15, 0.2) is 0 Å². The molecule has 1 unspecified atom stereocenters. The van der Waals surface area contributed by atoms with Crippen LogP contribution in [0, 0.1) is 5.92 Å². The van der Waals surface area contributed by atoms with E-state index in [-0.39, 0.29) is 24.4 Å². The highest BCUT2D eigenvalue weighted by Gasteiger charge is 2.31. The molecule has 1 heterocycles. The number of amides is 2. The normalized spacial score (nSPS) is 25.2. The molecule has 1 atom stereocenters. The van der Waals surface area contributed by atoms with Gasteiger partial charge in [0.25, 0.3) is 0 Å². The average Bonchev–Trinajstić information content (AvgIpc) is 2.87. The molecule has 1 aliphatic carbocycles. The van der Waals surface area contributed by atoms with Crippen molar-refractivity contribution in [1.82, 2.24) is 10.2 Å². The van der Waals surface area contributed by atoms with Gasteiger partial charge in [0.1, 0.15) is 0 Å². The Labute approximate surface area is 108 Å². The van der Waals surface area contributed by atoms with Crippen molar-refractivity contribution in [3.05, 3.63) is 0 Å². The van der Waals surface area contributed by atoms with Crippen molar-refractivity contribution in [3.63, 3.8) is 0 Å². The lowest BCUT2D eigenvalue weighted by Gasteiger charge is -2.26. The summed E-state index contributed by atoms with van der Waals surface area (Å²) in [7, 11) is 0. The van der Waals surface area contributed by atoms with Gasteiger partial charge in [-0.2, -0.15) is 0 Å². The van der Waals surface area contributed by atoms with E-state index in [2.05, 4.69) is 5.32 Å². The molecule has 2 fully saturated rings. The molecular weight excluding hydrogens is 230 g/mol. The number of nitrogens with zero attached hydrogens (tertiary/aromatic N) is 1. The fourth-order valence-corrected chi connectivity index (χ4v) is 2.97. The third kappa shape index (κ3) is 3.22. The Morgan fingerprint density at radius 1 is 1.17 bits per heavy atom. The second-order valence-electron chi connectivity index (χ2n) is 5.38. The summed E-state index contributed by atoms with van der Waals surface area (Å²) in [5.41, 5.74) is 5.27. The summed E-state index contributed by atoms with van der Waals surface area (Å²) in [4.78, 5) is 25.4. The maximum atomic E-state index is 12.3. The highest BCUT2D eigenvalue weighted by molar-refractivity contribution is 5.80. The fraction of sp³-hybridized carbons (Fsp3) is 0.846. The van der Waals surface area contributed by atoms with Gasteiger partial charge >= 0.3 is 0 Å². The third-order valence-electron chi connectivity index (χ3n) is 4.00. The van der Waals surface area contributed by atoms with Gasteiger partial charge < -0.3 is 16.0 Å². The number of likely N-dealkylation sites (tertiary alicyclic amines) is 1. The molecule has 1 saturated heterocycles. The Morgan fingerprint density at radius 2 is 1.89 bits per heavy atom. The van der Waals surface area contributed by atoms with Crippen molar-refractivity contribution in [2.24, 2.45) is 11.7 Å². The van der Waals surface area contributed by atoms with Crippen LogP contribution >= 0.6 is 0 Å². The monoisotopic (exact) mass is 253 g/mol. The molecule has 0 bridgehead atoms. The van der Waals surface area contributed by atoms with Gasteiger partial charge in [-0.15, -0.1) is 0 Å². The molecule has 3 N–H and O–H groups in total. The minimum atomic E-state index is -0.132.